The van der Waals surface area contributed by atoms with Crippen LogP contribution in [0.25, 0.3) is 0 Å². The Labute approximate surface area is 120 Å². The molecule has 0 aromatic heterocycles. The number of hydrogen-bond acceptors (Lipinski definition) is 5. The average Bonchev–Trinajstić information content (AvgIpc) is 2.64. The number of carboxylic acid groups (broad SMARTS) is 1. The zero-order chi connectivity index (χ0) is 15.6. The predicted molar refractivity (Wildman–Crippen MR) is 73.5 cm³/mol. The van der Waals surface area contributed by atoms with Gasteiger partial charge in [0.25, 0.3) is 5.91 Å². The number of urea groups is 1. The predicted octanol–water partition coefficient (Wildman–Crippen LogP) is -0.169. The van der Waals surface area contributed by atoms with Gasteiger partial charge in [-0.1, -0.05) is 24.3 Å². The van der Waals surface area contributed by atoms with E-state index in [1.54, 1.807) is 24.3 Å². The molecule has 3 amide bonds. The second kappa shape index (κ2) is 5.23. The van der Waals surface area contributed by atoms with Crippen LogP contribution >= 0.6 is 0 Å². The minimum absolute atomic E-state index is 0.544. The molecule has 1 unspecified atom stereocenters. The van der Waals surface area contributed by atoms with Crippen molar-refractivity contribution < 1.29 is 19.5 Å². The van der Waals surface area contributed by atoms with Crippen LogP contribution in [0.3, 0.4) is 0 Å². The SMILES string of the molecule is CC1(c2ccc(/C=N/N)cc2)NC(=O)N(CC(=O)O)C1=O. The number of aliphatic carboxylic acids is 1. The topological polar surface area (TPSA) is 125 Å². The molecule has 0 radical (unpaired) electrons. The highest BCUT2D eigenvalue weighted by atomic mass is 16.4. The number of imide groups is 1. The second-order valence-corrected chi connectivity index (χ2v) is 4.74. The summed E-state index contributed by atoms with van der Waals surface area (Å²) in [5.41, 5.74) is -0.00260. The number of nitrogens with zero attached hydrogens (tertiary/aromatic N) is 2. The molecule has 1 aliphatic heterocycles. The van der Waals surface area contributed by atoms with Gasteiger partial charge >= 0.3 is 12.0 Å². The Morgan fingerprint density at radius 1 is 1.43 bits per heavy atom. The van der Waals surface area contributed by atoms with Gasteiger partial charge in [0.2, 0.25) is 0 Å². The summed E-state index contributed by atoms with van der Waals surface area (Å²) in [6.07, 6.45) is 1.44. The normalized spacial score (nSPS) is 21.9. The molecule has 1 heterocycles. The lowest BCUT2D eigenvalue weighted by molar-refractivity contribution is -0.142. The number of carboxylic acids is 1. The first kappa shape index (κ1) is 14.5. The Kier molecular flexibility index (Phi) is 3.62. The van der Waals surface area contributed by atoms with E-state index in [4.69, 9.17) is 10.9 Å². The molecule has 0 saturated carbocycles. The Morgan fingerprint density at radius 2 is 2.05 bits per heavy atom. The van der Waals surface area contributed by atoms with E-state index in [9.17, 15) is 14.4 Å². The number of hydrogen-bond donors (Lipinski definition) is 3. The van der Waals surface area contributed by atoms with Crippen molar-refractivity contribution >= 4 is 24.1 Å². The molecular formula is C13H14N4O4. The van der Waals surface area contributed by atoms with Crippen molar-refractivity contribution in [3.8, 4) is 0 Å². The molecule has 0 spiro atoms. The number of nitrogens with one attached hydrogen (secondary N) is 1. The van der Waals surface area contributed by atoms with Crippen molar-refractivity contribution in [1.29, 1.82) is 0 Å². The van der Waals surface area contributed by atoms with Crippen LogP contribution in [-0.2, 0) is 15.1 Å². The van der Waals surface area contributed by atoms with Crippen LogP contribution in [0.15, 0.2) is 29.4 Å². The zero-order valence-electron chi connectivity index (χ0n) is 11.2. The fourth-order valence-electron chi connectivity index (χ4n) is 2.16. The van der Waals surface area contributed by atoms with E-state index in [1.807, 2.05) is 0 Å². The first-order valence-electron chi connectivity index (χ1n) is 6.08. The average molecular weight is 290 g/mol. The standard InChI is InChI=1S/C13H14N4O4/c1-13(9-4-2-8(3-5-9)6-15-14)11(20)17(7-10(18)19)12(21)16-13/h2-6H,7,14H2,1H3,(H,16,21)(H,18,19)/b15-6+. The first-order valence-corrected chi connectivity index (χ1v) is 6.08. The van der Waals surface area contributed by atoms with E-state index in [-0.39, 0.29) is 0 Å². The summed E-state index contributed by atoms with van der Waals surface area (Å²) >= 11 is 0. The highest BCUT2D eigenvalue weighted by molar-refractivity contribution is 6.08. The van der Waals surface area contributed by atoms with Gasteiger partial charge in [0.1, 0.15) is 12.1 Å². The van der Waals surface area contributed by atoms with Gasteiger partial charge in [0, 0.05) is 0 Å². The van der Waals surface area contributed by atoms with Crippen LogP contribution in [0.2, 0.25) is 0 Å². The fourth-order valence-corrected chi connectivity index (χ4v) is 2.16. The van der Waals surface area contributed by atoms with Crippen molar-refractivity contribution in [2.75, 3.05) is 6.54 Å². The van der Waals surface area contributed by atoms with E-state index in [0.717, 1.165) is 5.56 Å². The van der Waals surface area contributed by atoms with Crippen LogP contribution in [0.1, 0.15) is 18.1 Å². The molecule has 2 rings (SSSR count). The van der Waals surface area contributed by atoms with Crippen molar-refractivity contribution in [1.82, 2.24) is 10.2 Å². The maximum atomic E-state index is 12.3. The summed E-state index contributed by atoms with van der Waals surface area (Å²) in [6, 6.07) is 5.96. The molecule has 110 valence electrons. The smallest absolute Gasteiger partial charge is 0.325 e. The largest absolute Gasteiger partial charge is 0.480 e. The summed E-state index contributed by atoms with van der Waals surface area (Å²) < 4.78 is 0. The third-order valence-corrected chi connectivity index (χ3v) is 3.28. The van der Waals surface area contributed by atoms with Gasteiger partial charge in [-0.3, -0.25) is 14.5 Å². The zero-order valence-corrected chi connectivity index (χ0v) is 11.2. The number of carbonyl (C=O) groups excluding carboxylic acids is 2. The molecule has 8 nitrogen and oxygen atoms in total. The number of hydrazone groups is 1. The molecule has 4 N–H and O–H groups in total. The third-order valence-electron chi connectivity index (χ3n) is 3.28. The second-order valence-electron chi connectivity index (χ2n) is 4.74. The van der Waals surface area contributed by atoms with E-state index >= 15 is 0 Å². The molecule has 1 atom stereocenters. The van der Waals surface area contributed by atoms with Crippen molar-refractivity contribution in [3.05, 3.63) is 35.4 Å². The lowest BCUT2D eigenvalue weighted by atomic mass is 9.91. The van der Waals surface area contributed by atoms with Crippen molar-refractivity contribution in [2.24, 2.45) is 10.9 Å². The molecule has 1 aromatic carbocycles. The Hall–Kier alpha value is -2.90. The summed E-state index contributed by atoms with van der Waals surface area (Å²) in [6.45, 7) is 0.860. The Bertz CT molecular complexity index is 626. The van der Waals surface area contributed by atoms with Crippen LogP contribution in [0.5, 0.6) is 0 Å². The summed E-state index contributed by atoms with van der Waals surface area (Å²) in [7, 11) is 0. The van der Waals surface area contributed by atoms with E-state index in [0.29, 0.717) is 10.5 Å². The van der Waals surface area contributed by atoms with Crippen LogP contribution < -0.4 is 11.2 Å². The Morgan fingerprint density at radius 3 is 2.57 bits per heavy atom. The van der Waals surface area contributed by atoms with Gasteiger partial charge in [-0.25, -0.2) is 4.79 Å². The maximum absolute atomic E-state index is 12.3. The molecule has 8 heteroatoms. The van der Waals surface area contributed by atoms with Gasteiger partial charge < -0.3 is 16.3 Å². The first-order chi connectivity index (χ1) is 9.88. The molecule has 1 saturated heterocycles. The molecule has 21 heavy (non-hydrogen) atoms. The molecular weight excluding hydrogens is 276 g/mol. The van der Waals surface area contributed by atoms with Crippen LogP contribution in [-0.4, -0.2) is 40.7 Å². The van der Waals surface area contributed by atoms with Gasteiger partial charge in [0.05, 0.1) is 6.21 Å². The molecule has 0 aliphatic carbocycles. The van der Waals surface area contributed by atoms with Gasteiger partial charge in [-0.05, 0) is 18.1 Å². The number of nitrogens with two attached hydrogens (primary N) is 1. The van der Waals surface area contributed by atoms with Gasteiger partial charge in [0.15, 0.2) is 0 Å². The monoisotopic (exact) mass is 290 g/mol. The van der Waals surface area contributed by atoms with E-state index in [1.165, 1.54) is 13.1 Å². The third kappa shape index (κ3) is 2.55. The molecule has 1 aromatic rings. The van der Waals surface area contributed by atoms with Gasteiger partial charge in [-0.2, -0.15) is 5.10 Å². The summed E-state index contributed by atoms with van der Waals surface area (Å²) in [4.78, 5) is 35.5. The fraction of sp³-hybridized carbons (Fsp3) is 0.231. The highest BCUT2D eigenvalue weighted by Gasteiger charge is 2.49. The minimum atomic E-state index is -1.29. The van der Waals surface area contributed by atoms with Gasteiger partial charge in [-0.15, -0.1) is 0 Å². The number of benzene rings is 1. The number of carbonyl (C=O) groups is 3. The number of amides is 3. The lowest BCUT2D eigenvalue weighted by Gasteiger charge is -2.22. The maximum Gasteiger partial charge on any atom is 0.325 e. The van der Waals surface area contributed by atoms with Crippen molar-refractivity contribution in [3.63, 3.8) is 0 Å². The van der Waals surface area contributed by atoms with Crippen molar-refractivity contribution in [2.45, 2.75) is 12.5 Å². The minimum Gasteiger partial charge on any atom is -0.480 e. The summed E-state index contributed by atoms with van der Waals surface area (Å²) in [5.74, 6) is 3.19. The number of rotatable bonds is 4. The van der Waals surface area contributed by atoms with E-state index in [2.05, 4.69) is 10.4 Å². The quantitative estimate of drug-likeness (QED) is 0.307. The van der Waals surface area contributed by atoms with Crippen LogP contribution in [0, 0.1) is 0 Å². The Balaban J connectivity index is 2.32. The van der Waals surface area contributed by atoms with E-state index < -0.39 is 30.0 Å². The highest BCUT2D eigenvalue weighted by Crippen LogP contribution is 2.28. The molecule has 1 aliphatic rings. The summed E-state index contributed by atoms with van der Waals surface area (Å²) in [5, 5.41) is 14.7. The molecule has 1 fully saturated rings. The molecule has 0 bridgehead atoms. The lowest BCUT2D eigenvalue weighted by Crippen LogP contribution is -2.41. The van der Waals surface area contributed by atoms with Crippen LogP contribution in [0.4, 0.5) is 4.79 Å².